The molecule has 25 heavy (non-hydrogen) atoms. The van der Waals surface area contributed by atoms with Crippen LogP contribution in [-0.2, 0) is 4.74 Å². The first-order valence-corrected chi connectivity index (χ1v) is 8.85. The number of imidazole rings is 1. The van der Waals surface area contributed by atoms with Gasteiger partial charge < -0.3 is 19.7 Å². The lowest BCUT2D eigenvalue weighted by molar-refractivity contribution is -0.181. The topological polar surface area (TPSA) is 78.5 Å². The molecule has 6 nitrogen and oxygen atoms in total. The van der Waals surface area contributed by atoms with Gasteiger partial charge in [0.25, 0.3) is 5.91 Å². The number of aromatic nitrogens is 2. The lowest BCUT2D eigenvalue weighted by atomic mass is 9.81. The Morgan fingerprint density at radius 2 is 2.04 bits per heavy atom. The van der Waals surface area contributed by atoms with Crippen LogP contribution in [0, 0.1) is 0 Å². The predicted octanol–water partition coefficient (Wildman–Crippen LogP) is 2.30. The molecule has 0 unspecified atom stereocenters. The Morgan fingerprint density at radius 3 is 2.72 bits per heavy atom. The summed E-state index contributed by atoms with van der Waals surface area (Å²) in [4.78, 5) is 21.1. The number of nitrogens with zero attached hydrogens (tertiary/aromatic N) is 2. The molecule has 3 heterocycles. The lowest BCUT2D eigenvalue weighted by Crippen LogP contribution is -2.52. The summed E-state index contributed by atoms with van der Waals surface area (Å²) in [7, 11) is 0. The molecule has 2 saturated heterocycles. The Bertz CT molecular complexity index is 709. The lowest BCUT2D eigenvalue weighted by Gasteiger charge is -2.48. The number of hydrogen-bond acceptors (Lipinski definition) is 4. The zero-order valence-corrected chi connectivity index (χ0v) is 14.1. The zero-order valence-electron chi connectivity index (χ0n) is 14.1. The summed E-state index contributed by atoms with van der Waals surface area (Å²) in [6.07, 6.45) is 5.52. The van der Waals surface area contributed by atoms with Crippen molar-refractivity contribution in [3.05, 3.63) is 54.1 Å². The highest BCUT2D eigenvalue weighted by atomic mass is 16.5. The van der Waals surface area contributed by atoms with Gasteiger partial charge in [-0.1, -0.05) is 30.3 Å². The standard InChI is InChI=1S/C19H23N3O3/c23-15-12-16(14-4-2-1-3-5-14)25-19(13-15)6-10-22(11-7-19)18(24)17-20-8-9-21-17/h1-5,8-9,15-16,23H,6-7,10-13H2,(H,20,21)/t15-,16+/m0/s1. The minimum atomic E-state index is -0.369. The molecule has 2 N–H and O–H groups in total. The molecule has 132 valence electrons. The van der Waals surface area contributed by atoms with Crippen LogP contribution in [-0.4, -0.2) is 50.7 Å². The molecule has 4 rings (SSSR count). The van der Waals surface area contributed by atoms with Gasteiger partial charge in [0.1, 0.15) is 0 Å². The number of hydrogen-bond donors (Lipinski definition) is 2. The van der Waals surface area contributed by atoms with Crippen molar-refractivity contribution in [1.82, 2.24) is 14.9 Å². The minimum absolute atomic E-state index is 0.0733. The first kappa shape index (κ1) is 16.3. The second-order valence-electron chi connectivity index (χ2n) is 7.02. The number of benzene rings is 1. The highest BCUT2D eigenvalue weighted by Gasteiger charge is 2.44. The van der Waals surface area contributed by atoms with E-state index in [2.05, 4.69) is 9.97 Å². The van der Waals surface area contributed by atoms with E-state index in [1.807, 2.05) is 35.2 Å². The number of amides is 1. The fraction of sp³-hybridized carbons (Fsp3) is 0.474. The number of carbonyl (C=O) groups excluding carboxylic acids is 1. The number of piperidine rings is 1. The SMILES string of the molecule is O=C(c1ncc[nH]1)N1CCC2(CC1)C[C@@H](O)C[C@H](c1ccccc1)O2. The van der Waals surface area contributed by atoms with Gasteiger partial charge in [-0.25, -0.2) is 4.98 Å². The van der Waals surface area contributed by atoms with E-state index in [9.17, 15) is 9.90 Å². The van der Waals surface area contributed by atoms with E-state index in [0.29, 0.717) is 31.8 Å². The van der Waals surface area contributed by atoms with Crippen LogP contribution < -0.4 is 0 Å². The minimum Gasteiger partial charge on any atom is -0.393 e. The smallest absolute Gasteiger partial charge is 0.289 e. The summed E-state index contributed by atoms with van der Waals surface area (Å²) in [5.74, 6) is 0.304. The molecule has 0 radical (unpaired) electrons. The van der Waals surface area contributed by atoms with Gasteiger partial charge >= 0.3 is 0 Å². The molecule has 2 atom stereocenters. The van der Waals surface area contributed by atoms with Crippen molar-refractivity contribution >= 4 is 5.91 Å². The number of aromatic amines is 1. The fourth-order valence-corrected chi connectivity index (χ4v) is 4.00. The van der Waals surface area contributed by atoms with Crippen molar-refractivity contribution in [2.24, 2.45) is 0 Å². The number of rotatable bonds is 2. The van der Waals surface area contributed by atoms with Crippen LogP contribution in [0.5, 0.6) is 0 Å². The maximum Gasteiger partial charge on any atom is 0.289 e. The number of nitrogens with one attached hydrogen (secondary N) is 1. The summed E-state index contributed by atoms with van der Waals surface area (Å²) < 4.78 is 6.47. The quantitative estimate of drug-likeness (QED) is 0.878. The molecule has 0 bridgehead atoms. The maximum atomic E-state index is 12.4. The number of carbonyl (C=O) groups is 1. The van der Waals surface area contributed by atoms with Crippen molar-refractivity contribution < 1.29 is 14.6 Å². The monoisotopic (exact) mass is 341 g/mol. The van der Waals surface area contributed by atoms with E-state index >= 15 is 0 Å². The second kappa shape index (κ2) is 6.61. The van der Waals surface area contributed by atoms with Crippen molar-refractivity contribution in [2.45, 2.75) is 43.5 Å². The molecular weight excluding hydrogens is 318 g/mol. The first-order valence-electron chi connectivity index (χ1n) is 8.85. The van der Waals surface area contributed by atoms with E-state index in [4.69, 9.17) is 4.74 Å². The van der Waals surface area contributed by atoms with Crippen LogP contribution in [0.4, 0.5) is 0 Å². The van der Waals surface area contributed by atoms with Gasteiger partial charge in [0, 0.05) is 38.3 Å². The fourth-order valence-electron chi connectivity index (χ4n) is 4.00. The van der Waals surface area contributed by atoms with Crippen LogP contribution in [0.15, 0.2) is 42.7 Å². The molecule has 1 amide bonds. The predicted molar refractivity (Wildman–Crippen MR) is 92.0 cm³/mol. The van der Waals surface area contributed by atoms with Gasteiger partial charge in [-0.2, -0.15) is 0 Å². The van der Waals surface area contributed by atoms with E-state index in [0.717, 1.165) is 18.4 Å². The molecule has 1 aromatic heterocycles. The third-order valence-electron chi connectivity index (χ3n) is 5.32. The van der Waals surface area contributed by atoms with E-state index in [1.165, 1.54) is 0 Å². The van der Waals surface area contributed by atoms with Crippen LogP contribution in [0.1, 0.15) is 48.0 Å². The Kier molecular flexibility index (Phi) is 4.31. The summed E-state index contributed by atoms with van der Waals surface area (Å²) in [5, 5.41) is 10.4. The number of aliphatic hydroxyl groups is 1. The molecule has 2 aliphatic heterocycles. The number of aliphatic hydroxyl groups excluding tert-OH is 1. The molecular formula is C19H23N3O3. The van der Waals surface area contributed by atoms with Gasteiger partial charge in [-0.05, 0) is 18.4 Å². The third kappa shape index (κ3) is 3.32. The Hall–Kier alpha value is -2.18. The third-order valence-corrected chi connectivity index (χ3v) is 5.32. The van der Waals surface area contributed by atoms with Crippen LogP contribution in [0.25, 0.3) is 0 Å². The van der Waals surface area contributed by atoms with Crippen LogP contribution in [0.3, 0.4) is 0 Å². The molecule has 2 aliphatic rings. The maximum absolute atomic E-state index is 12.4. The van der Waals surface area contributed by atoms with Crippen molar-refractivity contribution in [2.75, 3.05) is 13.1 Å². The second-order valence-corrected chi connectivity index (χ2v) is 7.02. The highest BCUT2D eigenvalue weighted by Crippen LogP contribution is 2.43. The average Bonchev–Trinajstić information content (AvgIpc) is 3.17. The van der Waals surface area contributed by atoms with Gasteiger partial charge in [0.05, 0.1) is 17.8 Å². The number of H-pyrrole nitrogens is 1. The molecule has 2 fully saturated rings. The number of ether oxygens (including phenoxy) is 1. The van der Waals surface area contributed by atoms with Crippen molar-refractivity contribution in [3.63, 3.8) is 0 Å². The molecule has 1 spiro atoms. The van der Waals surface area contributed by atoms with Gasteiger partial charge in [-0.15, -0.1) is 0 Å². The Morgan fingerprint density at radius 1 is 1.28 bits per heavy atom. The summed E-state index contributed by atoms with van der Waals surface area (Å²) in [6.45, 7) is 1.24. The largest absolute Gasteiger partial charge is 0.393 e. The van der Waals surface area contributed by atoms with Crippen molar-refractivity contribution in [3.8, 4) is 0 Å². The van der Waals surface area contributed by atoms with E-state index in [1.54, 1.807) is 12.4 Å². The Balaban J connectivity index is 1.45. The van der Waals surface area contributed by atoms with Crippen LogP contribution >= 0.6 is 0 Å². The van der Waals surface area contributed by atoms with E-state index < -0.39 is 0 Å². The van der Waals surface area contributed by atoms with E-state index in [-0.39, 0.29) is 23.7 Å². The van der Waals surface area contributed by atoms with Gasteiger partial charge in [0.15, 0.2) is 5.82 Å². The normalized spacial score (nSPS) is 25.9. The van der Waals surface area contributed by atoms with Crippen molar-refractivity contribution in [1.29, 1.82) is 0 Å². The zero-order chi connectivity index (χ0) is 17.3. The molecule has 0 saturated carbocycles. The average molecular weight is 341 g/mol. The summed E-state index contributed by atoms with van der Waals surface area (Å²) >= 11 is 0. The van der Waals surface area contributed by atoms with Gasteiger partial charge in [0.2, 0.25) is 0 Å². The molecule has 1 aromatic carbocycles. The Labute approximate surface area is 146 Å². The van der Waals surface area contributed by atoms with Gasteiger partial charge in [-0.3, -0.25) is 4.79 Å². The molecule has 2 aromatic rings. The first-order chi connectivity index (χ1) is 12.2. The summed E-state index contributed by atoms with van der Waals surface area (Å²) in [5.41, 5.74) is 0.757. The number of likely N-dealkylation sites (tertiary alicyclic amines) is 1. The summed E-state index contributed by atoms with van der Waals surface area (Å²) in [6, 6.07) is 10.1. The molecule has 0 aliphatic carbocycles. The molecule has 6 heteroatoms. The van der Waals surface area contributed by atoms with Crippen LogP contribution in [0.2, 0.25) is 0 Å². The highest BCUT2D eigenvalue weighted by molar-refractivity contribution is 5.90.